The first-order valence-electron chi connectivity index (χ1n) is 9.09. The minimum atomic E-state index is -0.377. The summed E-state index contributed by atoms with van der Waals surface area (Å²) in [7, 11) is 0. The lowest BCUT2D eigenvalue weighted by Crippen LogP contribution is -2.44. The Morgan fingerprint density at radius 2 is 2.12 bits per heavy atom. The van der Waals surface area contributed by atoms with Crippen LogP contribution in [0.2, 0.25) is 0 Å². The van der Waals surface area contributed by atoms with E-state index in [9.17, 15) is 14.4 Å². The number of nitrogens with one attached hydrogen (secondary N) is 1. The molecule has 0 radical (unpaired) electrons. The van der Waals surface area contributed by atoms with E-state index in [1.165, 1.54) is 11.3 Å². The molecule has 1 aromatic heterocycles. The minimum Gasteiger partial charge on any atom is -0.462 e. The summed E-state index contributed by atoms with van der Waals surface area (Å²) in [6, 6.07) is 0. The van der Waals surface area contributed by atoms with Crippen molar-refractivity contribution in [1.82, 2.24) is 4.90 Å². The number of nitrogens with two attached hydrogens (primary N) is 1. The molecule has 1 saturated carbocycles. The number of primary amides is 1. The van der Waals surface area contributed by atoms with Gasteiger partial charge in [-0.15, -0.1) is 11.3 Å². The predicted octanol–water partition coefficient (Wildman–Crippen LogP) is 1.94. The third kappa shape index (κ3) is 4.42. The molecule has 2 fully saturated rings. The number of thiophene rings is 1. The smallest absolute Gasteiger partial charge is 0.341 e. The summed E-state index contributed by atoms with van der Waals surface area (Å²) in [5.74, 6) is -0.681. The van der Waals surface area contributed by atoms with Gasteiger partial charge in [-0.25, -0.2) is 4.79 Å². The topological polar surface area (TPSA) is 102 Å². The van der Waals surface area contributed by atoms with Crippen LogP contribution in [0.1, 0.15) is 54.4 Å². The van der Waals surface area contributed by atoms with Gasteiger partial charge in [0.05, 0.1) is 24.6 Å². The van der Waals surface area contributed by atoms with Crippen molar-refractivity contribution in [2.75, 3.05) is 31.6 Å². The molecule has 142 valence electrons. The molecular formula is C18H25N3O4S. The second-order valence-corrected chi connectivity index (χ2v) is 7.79. The van der Waals surface area contributed by atoms with E-state index in [4.69, 9.17) is 10.5 Å². The lowest BCUT2D eigenvalue weighted by atomic mass is 9.97. The zero-order valence-corrected chi connectivity index (χ0v) is 15.8. The molecule has 0 aromatic carbocycles. The van der Waals surface area contributed by atoms with E-state index in [-0.39, 0.29) is 30.2 Å². The van der Waals surface area contributed by atoms with Crippen molar-refractivity contribution in [1.29, 1.82) is 0 Å². The van der Waals surface area contributed by atoms with Gasteiger partial charge in [-0.05, 0) is 56.0 Å². The Kier molecular flexibility index (Phi) is 5.93. The summed E-state index contributed by atoms with van der Waals surface area (Å²) in [6.07, 6.45) is 3.76. The molecule has 2 amide bonds. The number of likely N-dealkylation sites (tertiary alicyclic amines) is 1. The van der Waals surface area contributed by atoms with Crippen molar-refractivity contribution in [2.24, 2.45) is 11.7 Å². The highest BCUT2D eigenvalue weighted by atomic mass is 32.1. The van der Waals surface area contributed by atoms with Crippen LogP contribution in [-0.4, -0.2) is 48.9 Å². The zero-order chi connectivity index (χ0) is 18.7. The molecule has 3 N–H and O–H groups in total. The second kappa shape index (κ2) is 8.18. The molecule has 1 atom stereocenters. The van der Waals surface area contributed by atoms with Crippen LogP contribution >= 0.6 is 11.3 Å². The molecule has 1 aliphatic heterocycles. The Bertz CT molecular complexity index is 699. The van der Waals surface area contributed by atoms with E-state index >= 15 is 0 Å². The first-order chi connectivity index (χ1) is 12.5. The van der Waals surface area contributed by atoms with Crippen LogP contribution in [0.15, 0.2) is 5.38 Å². The molecule has 1 saturated heterocycles. The van der Waals surface area contributed by atoms with E-state index in [2.05, 4.69) is 5.32 Å². The summed E-state index contributed by atoms with van der Waals surface area (Å²) in [6.45, 7) is 3.52. The van der Waals surface area contributed by atoms with Crippen molar-refractivity contribution >= 4 is 34.1 Å². The summed E-state index contributed by atoms with van der Waals surface area (Å²) in [5, 5.41) is 5.37. The van der Waals surface area contributed by atoms with Gasteiger partial charge in [-0.3, -0.25) is 14.5 Å². The molecule has 26 heavy (non-hydrogen) atoms. The maximum atomic E-state index is 12.5. The van der Waals surface area contributed by atoms with E-state index < -0.39 is 0 Å². The van der Waals surface area contributed by atoms with Crippen molar-refractivity contribution in [3.8, 4) is 0 Å². The maximum absolute atomic E-state index is 12.5. The molecule has 2 aliphatic rings. The van der Waals surface area contributed by atoms with E-state index in [0.29, 0.717) is 29.6 Å². The lowest BCUT2D eigenvalue weighted by molar-refractivity contribution is -0.125. The molecule has 0 unspecified atom stereocenters. The van der Waals surface area contributed by atoms with Gasteiger partial charge in [0, 0.05) is 6.54 Å². The van der Waals surface area contributed by atoms with Crippen LogP contribution in [-0.2, 0) is 14.3 Å². The average molecular weight is 379 g/mol. The minimum absolute atomic E-state index is 0.183. The fourth-order valence-electron chi connectivity index (χ4n) is 3.37. The summed E-state index contributed by atoms with van der Waals surface area (Å²) < 4.78 is 5.17. The molecule has 0 bridgehead atoms. The number of esters is 1. The third-order valence-electron chi connectivity index (χ3n) is 4.84. The van der Waals surface area contributed by atoms with Crippen LogP contribution in [0.5, 0.6) is 0 Å². The second-order valence-electron chi connectivity index (χ2n) is 6.91. The number of rotatable bonds is 7. The van der Waals surface area contributed by atoms with Crippen LogP contribution in [0.3, 0.4) is 0 Å². The summed E-state index contributed by atoms with van der Waals surface area (Å²) in [5.41, 5.74) is 6.87. The molecule has 3 rings (SSSR count). The zero-order valence-electron chi connectivity index (χ0n) is 15.0. The van der Waals surface area contributed by atoms with Gasteiger partial charge < -0.3 is 15.8 Å². The number of carbonyl (C=O) groups excluding carboxylic acids is 3. The average Bonchev–Trinajstić information content (AvgIpc) is 3.36. The van der Waals surface area contributed by atoms with Crippen LogP contribution < -0.4 is 11.1 Å². The van der Waals surface area contributed by atoms with Gasteiger partial charge in [0.15, 0.2) is 0 Å². The number of hydrogen-bond acceptors (Lipinski definition) is 6. The number of hydrogen-bond donors (Lipinski definition) is 2. The molecule has 0 spiro atoms. The number of anilines is 1. The van der Waals surface area contributed by atoms with Gasteiger partial charge in [0.25, 0.3) is 0 Å². The van der Waals surface area contributed by atoms with Gasteiger partial charge >= 0.3 is 5.97 Å². The third-order valence-corrected chi connectivity index (χ3v) is 5.76. The van der Waals surface area contributed by atoms with Crippen LogP contribution in [0.4, 0.5) is 5.00 Å². The SMILES string of the molecule is CCOC(=O)c1c(C2CC2)csc1NC(=O)CN1CCC[C@@H](C(N)=O)C1. The van der Waals surface area contributed by atoms with Crippen LogP contribution in [0, 0.1) is 5.92 Å². The Morgan fingerprint density at radius 3 is 2.77 bits per heavy atom. The molecule has 1 aliphatic carbocycles. The quantitative estimate of drug-likeness (QED) is 0.705. The van der Waals surface area contributed by atoms with Crippen molar-refractivity contribution in [2.45, 2.75) is 38.5 Å². The van der Waals surface area contributed by atoms with E-state index in [1.807, 2.05) is 10.3 Å². The van der Waals surface area contributed by atoms with Crippen molar-refractivity contribution < 1.29 is 19.1 Å². The fourth-order valence-corrected chi connectivity index (χ4v) is 4.42. The largest absolute Gasteiger partial charge is 0.462 e. The van der Waals surface area contributed by atoms with Crippen molar-refractivity contribution in [3.63, 3.8) is 0 Å². The molecule has 2 heterocycles. The van der Waals surface area contributed by atoms with Gasteiger partial charge in [0.1, 0.15) is 5.00 Å². The Hall–Kier alpha value is -1.93. The normalized spacial score (nSPS) is 20.6. The number of ether oxygens (including phenoxy) is 1. The highest BCUT2D eigenvalue weighted by Gasteiger charge is 2.32. The number of piperidine rings is 1. The molecular weight excluding hydrogens is 354 g/mol. The highest BCUT2D eigenvalue weighted by molar-refractivity contribution is 7.15. The van der Waals surface area contributed by atoms with Gasteiger partial charge in [-0.2, -0.15) is 0 Å². The van der Waals surface area contributed by atoms with Crippen molar-refractivity contribution in [3.05, 3.63) is 16.5 Å². The fraction of sp³-hybridized carbons (Fsp3) is 0.611. The highest BCUT2D eigenvalue weighted by Crippen LogP contribution is 2.46. The lowest BCUT2D eigenvalue weighted by Gasteiger charge is -2.30. The predicted molar refractivity (Wildman–Crippen MR) is 99.2 cm³/mol. The number of nitrogens with zero attached hydrogens (tertiary/aromatic N) is 1. The molecule has 8 heteroatoms. The summed E-state index contributed by atoms with van der Waals surface area (Å²) >= 11 is 1.37. The first kappa shape index (κ1) is 18.8. The standard InChI is InChI=1S/C18H25N3O4S/c1-2-25-18(24)15-13(11-5-6-11)10-26-17(15)20-14(22)9-21-7-3-4-12(8-21)16(19)23/h10-12H,2-9H2,1H3,(H2,19,23)(H,20,22)/t12-/m1/s1. The van der Waals surface area contributed by atoms with E-state index in [0.717, 1.165) is 37.8 Å². The monoisotopic (exact) mass is 379 g/mol. The van der Waals surface area contributed by atoms with E-state index in [1.54, 1.807) is 6.92 Å². The number of amides is 2. The summed E-state index contributed by atoms with van der Waals surface area (Å²) in [4.78, 5) is 38.1. The molecule has 7 nitrogen and oxygen atoms in total. The molecule has 1 aromatic rings. The van der Waals surface area contributed by atoms with Crippen LogP contribution in [0.25, 0.3) is 0 Å². The number of carbonyl (C=O) groups is 3. The first-order valence-corrected chi connectivity index (χ1v) is 9.97. The Labute approximate surface area is 156 Å². The van der Waals surface area contributed by atoms with Gasteiger partial charge in [0.2, 0.25) is 11.8 Å². The maximum Gasteiger partial charge on any atom is 0.341 e. The Balaban J connectivity index is 1.65. The van der Waals surface area contributed by atoms with Gasteiger partial charge in [-0.1, -0.05) is 0 Å². The Morgan fingerprint density at radius 1 is 1.35 bits per heavy atom.